The monoisotopic (exact) mass is 495 g/mol. The summed E-state index contributed by atoms with van der Waals surface area (Å²) in [5.74, 6) is -0.113. The van der Waals surface area contributed by atoms with Crippen molar-refractivity contribution in [1.29, 1.82) is 0 Å². The van der Waals surface area contributed by atoms with E-state index in [4.69, 9.17) is 4.74 Å². The van der Waals surface area contributed by atoms with E-state index in [2.05, 4.69) is 68.8 Å². The van der Waals surface area contributed by atoms with Crippen LogP contribution < -0.4 is 15.5 Å². The molecule has 0 aliphatic carbocycles. The molecule has 5 rings (SSSR count). The van der Waals surface area contributed by atoms with E-state index in [1.54, 1.807) is 6.33 Å². The Kier molecular flexibility index (Phi) is 7.93. The summed E-state index contributed by atoms with van der Waals surface area (Å²) in [5.41, 5.74) is 8.23. The minimum absolute atomic E-state index is 0.113. The zero-order chi connectivity index (χ0) is 25.5. The van der Waals surface area contributed by atoms with Crippen LogP contribution in [0.15, 0.2) is 79.3 Å². The fraction of sp³-hybridized carbons (Fsp3) is 0.267. The molecule has 7 heteroatoms. The van der Waals surface area contributed by atoms with E-state index in [1.165, 1.54) is 5.56 Å². The zero-order valence-electron chi connectivity index (χ0n) is 21.2. The van der Waals surface area contributed by atoms with Gasteiger partial charge in [-0.1, -0.05) is 30.3 Å². The van der Waals surface area contributed by atoms with Crippen molar-refractivity contribution >= 4 is 17.3 Å². The molecule has 0 bridgehead atoms. The van der Waals surface area contributed by atoms with Crippen LogP contribution >= 0.6 is 0 Å². The molecule has 3 N–H and O–H groups in total. The average molecular weight is 496 g/mol. The molecule has 7 nitrogen and oxygen atoms in total. The Hall–Kier alpha value is -3.94. The first kappa shape index (κ1) is 24.7. The zero-order valence-corrected chi connectivity index (χ0v) is 21.2. The molecule has 0 spiro atoms. The van der Waals surface area contributed by atoms with Gasteiger partial charge in [-0.25, -0.2) is 4.98 Å². The Balaban J connectivity index is 1.19. The Bertz CT molecular complexity index is 1300. The summed E-state index contributed by atoms with van der Waals surface area (Å²) in [6.45, 7) is 7.05. The molecule has 1 amide bonds. The number of aromatic nitrogens is 2. The van der Waals surface area contributed by atoms with Gasteiger partial charge in [-0.3, -0.25) is 4.79 Å². The molecule has 3 aromatic carbocycles. The van der Waals surface area contributed by atoms with Crippen LogP contribution in [0.1, 0.15) is 27.2 Å². The van der Waals surface area contributed by atoms with Crippen LogP contribution in [0.5, 0.6) is 0 Å². The molecule has 1 fully saturated rings. The lowest BCUT2D eigenvalue weighted by Crippen LogP contribution is -2.36. The van der Waals surface area contributed by atoms with Crippen LogP contribution in [0.3, 0.4) is 0 Å². The molecule has 1 aliphatic rings. The van der Waals surface area contributed by atoms with Crippen molar-refractivity contribution in [2.24, 2.45) is 0 Å². The summed E-state index contributed by atoms with van der Waals surface area (Å²) in [6, 6.07) is 22.4. The van der Waals surface area contributed by atoms with E-state index in [9.17, 15) is 4.79 Å². The van der Waals surface area contributed by atoms with Gasteiger partial charge in [0.1, 0.15) is 0 Å². The number of amides is 1. The number of rotatable bonds is 9. The lowest BCUT2D eigenvalue weighted by Gasteiger charge is -2.28. The van der Waals surface area contributed by atoms with Crippen molar-refractivity contribution in [2.45, 2.75) is 19.9 Å². The summed E-state index contributed by atoms with van der Waals surface area (Å²) in [5, 5.41) is 6.51. The van der Waals surface area contributed by atoms with Gasteiger partial charge < -0.3 is 25.3 Å². The second-order valence-corrected chi connectivity index (χ2v) is 9.33. The minimum Gasteiger partial charge on any atom is -0.378 e. The van der Waals surface area contributed by atoms with Crippen molar-refractivity contribution < 1.29 is 9.53 Å². The van der Waals surface area contributed by atoms with Gasteiger partial charge in [0.15, 0.2) is 0 Å². The number of ether oxygens (including phenoxy) is 1. The van der Waals surface area contributed by atoms with Gasteiger partial charge in [0.2, 0.25) is 0 Å². The van der Waals surface area contributed by atoms with Crippen molar-refractivity contribution in [1.82, 2.24) is 15.3 Å². The second kappa shape index (κ2) is 11.9. The maximum atomic E-state index is 13.0. The van der Waals surface area contributed by atoms with Crippen molar-refractivity contribution in [2.75, 3.05) is 43.1 Å². The number of carbonyl (C=O) groups is 1. The van der Waals surface area contributed by atoms with Crippen molar-refractivity contribution in [3.05, 3.63) is 102 Å². The third-order valence-electron chi connectivity index (χ3n) is 6.72. The molecule has 2 heterocycles. The lowest BCUT2D eigenvalue weighted by molar-refractivity contribution is 0.102. The molecule has 0 saturated carbocycles. The number of hydrogen-bond donors (Lipinski definition) is 3. The van der Waals surface area contributed by atoms with E-state index in [0.717, 1.165) is 79.6 Å². The molecule has 0 unspecified atom stereocenters. The van der Waals surface area contributed by atoms with Gasteiger partial charge >= 0.3 is 0 Å². The number of anilines is 2. The smallest absolute Gasteiger partial charge is 0.255 e. The number of nitrogens with zero attached hydrogens (tertiary/aromatic N) is 2. The first-order valence-corrected chi connectivity index (χ1v) is 12.8. The number of morpholine rings is 1. The molecule has 1 saturated heterocycles. The number of carbonyl (C=O) groups excluding carboxylic acids is 1. The van der Waals surface area contributed by atoms with Crippen LogP contribution in [-0.4, -0.2) is 48.7 Å². The summed E-state index contributed by atoms with van der Waals surface area (Å²) in [6.07, 6.45) is 4.48. The number of H-pyrrole nitrogens is 1. The maximum absolute atomic E-state index is 13.0. The Labute approximate surface area is 217 Å². The van der Waals surface area contributed by atoms with Gasteiger partial charge in [-0.2, -0.15) is 0 Å². The average Bonchev–Trinajstić information content (AvgIpc) is 3.46. The van der Waals surface area contributed by atoms with Gasteiger partial charge in [-0.15, -0.1) is 0 Å². The Morgan fingerprint density at radius 2 is 1.81 bits per heavy atom. The third kappa shape index (κ3) is 6.44. The quantitative estimate of drug-likeness (QED) is 0.291. The molecule has 0 atom stereocenters. The SMILES string of the molecule is Cc1ccc(C(=O)Nc2ccc(N3CCOCC3)cc2)cc1-c1ccc(CNCCc2cnc[nH]2)cc1. The van der Waals surface area contributed by atoms with Crippen molar-refractivity contribution in [3.63, 3.8) is 0 Å². The molecular weight excluding hydrogens is 462 g/mol. The number of aromatic amines is 1. The highest BCUT2D eigenvalue weighted by Gasteiger charge is 2.13. The lowest BCUT2D eigenvalue weighted by atomic mass is 9.97. The van der Waals surface area contributed by atoms with Gasteiger partial charge in [0.25, 0.3) is 5.91 Å². The van der Waals surface area contributed by atoms with Gasteiger partial charge in [-0.05, 0) is 65.6 Å². The molecular formula is C30H33N5O2. The fourth-order valence-electron chi connectivity index (χ4n) is 4.53. The molecule has 0 radical (unpaired) electrons. The summed E-state index contributed by atoms with van der Waals surface area (Å²) in [4.78, 5) is 22.5. The van der Waals surface area contributed by atoms with Crippen molar-refractivity contribution in [3.8, 4) is 11.1 Å². The van der Waals surface area contributed by atoms with E-state index < -0.39 is 0 Å². The predicted octanol–water partition coefficient (Wildman–Crippen LogP) is 4.81. The first-order chi connectivity index (χ1) is 18.2. The number of hydrogen-bond acceptors (Lipinski definition) is 5. The standard InChI is InChI=1S/C30H33N5O2/c1-22-2-5-25(30(36)34-26-8-10-28(11-9-26)35-14-16-37-17-15-35)18-29(22)24-6-3-23(4-7-24)19-31-13-12-27-20-32-21-33-27/h2-11,18,20-21,31H,12-17,19H2,1H3,(H,32,33)(H,34,36). The molecule has 4 aromatic rings. The summed E-state index contributed by atoms with van der Waals surface area (Å²) in [7, 11) is 0. The topological polar surface area (TPSA) is 82.3 Å². The number of aryl methyl sites for hydroxylation is 1. The van der Waals surface area contributed by atoms with E-state index >= 15 is 0 Å². The highest BCUT2D eigenvalue weighted by molar-refractivity contribution is 6.05. The number of nitrogens with one attached hydrogen (secondary N) is 3. The van der Waals surface area contributed by atoms with E-state index in [0.29, 0.717) is 5.56 Å². The number of imidazole rings is 1. The third-order valence-corrected chi connectivity index (χ3v) is 6.72. The maximum Gasteiger partial charge on any atom is 0.255 e. The largest absolute Gasteiger partial charge is 0.378 e. The Morgan fingerprint density at radius 1 is 1.03 bits per heavy atom. The highest BCUT2D eigenvalue weighted by Crippen LogP contribution is 2.26. The summed E-state index contributed by atoms with van der Waals surface area (Å²) < 4.78 is 5.43. The van der Waals surface area contributed by atoms with Gasteiger partial charge in [0, 0.05) is 61.4 Å². The second-order valence-electron chi connectivity index (χ2n) is 9.33. The van der Waals surface area contributed by atoms with Crippen LogP contribution in [-0.2, 0) is 17.7 Å². The number of benzene rings is 3. The molecule has 1 aromatic heterocycles. The van der Waals surface area contributed by atoms with Crippen LogP contribution in [0, 0.1) is 6.92 Å². The minimum atomic E-state index is -0.113. The van der Waals surface area contributed by atoms with Crippen LogP contribution in [0.4, 0.5) is 11.4 Å². The van der Waals surface area contributed by atoms with Gasteiger partial charge in [0.05, 0.1) is 19.5 Å². The molecule has 1 aliphatic heterocycles. The van der Waals surface area contributed by atoms with E-state index in [1.807, 2.05) is 36.5 Å². The van der Waals surface area contributed by atoms with Crippen LogP contribution in [0.2, 0.25) is 0 Å². The van der Waals surface area contributed by atoms with Crippen LogP contribution in [0.25, 0.3) is 11.1 Å². The summed E-state index contributed by atoms with van der Waals surface area (Å²) >= 11 is 0. The normalized spacial score (nSPS) is 13.5. The molecule has 37 heavy (non-hydrogen) atoms. The van der Waals surface area contributed by atoms with E-state index in [-0.39, 0.29) is 5.91 Å². The first-order valence-electron chi connectivity index (χ1n) is 12.8. The predicted molar refractivity (Wildman–Crippen MR) is 148 cm³/mol. The highest BCUT2D eigenvalue weighted by atomic mass is 16.5. The fourth-order valence-corrected chi connectivity index (χ4v) is 4.53. The molecule has 190 valence electrons. The Morgan fingerprint density at radius 3 is 2.54 bits per heavy atom.